The van der Waals surface area contributed by atoms with Crippen LogP contribution in [-0.2, 0) is 4.57 Å². The highest BCUT2D eigenvalue weighted by atomic mass is 31.2. The fraction of sp³-hybridized carbons (Fsp3) is 0.273. The lowest BCUT2D eigenvalue weighted by Gasteiger charge is -2.11. The van der Waals surface area contributed by atoms with Gasteiger partial charge in [-0.1, -0.05) is 42.0 Å². The van der Waals surface area contributed by atoms with E-state index in [2.05, 4.69) is 13.0 Å². The summed E-state index contributed by atoms with van der Waals surface area (Å²) in [6.07, 6.45) is 3.63. The molecule has 0 amide bonds. The average molecular weight is 192 g/mol. The van der Waals surface area contributed by atoms with Crippen molar-refractivity contribution in [1.29, 1.82) is 0 Å². The van der Waals surface area contributed by atoms with E-state index in [1.165, 1.54) is 5.57 Å². The van der Waals surface area contributed by atoms with Crippen LogP contribution in [0.1, 0.15) is 6.92 Å². The van der Waals surface area contributed by atoms with E-state index in [9.17, 15) is 4.57 Å². The van der Waals surface area contributed by atoms with Crippen LogP contribution in [0.3, 0.4) is 0 Å². The standard InChI is InChI=1S/C11H13OP/c1-10-7-8-13(12,9-10)11-5-3-2-4-6-11/h2-7H,8-9H2,1H3. The molecule has 0 N–H and O–H groups in total. The van der Waals surface area contributed by atoms with Gasteiger partial charge in [0.25, 0.3) is 0 Å². The first kappa shape index (κ1) is 8.77. The van der Waals surface area contributed by atoms with Crippen molar-refractivity contribution in [1.82, 2.24) is 0 Å². The van der Waals surface area contributed by atoms with Crippen molar-refractivity contribution in [2.75, 3.05) is 12.3 Å². The first-order valence-electron chi connectivity index (χ1n) is 4.50. The Morgan fingerprint density at radius 2 is 1.92 bits per heavy atom. The molecule has 1 aromatic carbocycles. The van der Waals surface area contributed by atoms with E-state index in [4.69, 9.17) is 0 Å². The van der Waals surface area contributed by atoms with E-state index < -0.39 is 7.14 Å². The van der Waals surface area contributed by atoms with Crippen molar-refractivity contribution in [3.05, 3.63) is 42.0 Å². The van der Waals surface area contributed by atoms with E-state index in [0.29, 0.717) is 0 Å². The van der Waals surface area contributed by atoms with E-state index in [1.807, 2.05) is 30.3 Å². The summed E-state index contributed by atoms with van der Waals surface area (Å²) in [6, 6.07) is 9.84. The van der Waals surface area contributed by atoms with Gasteiger partial charge in [0.05, 0.1) is 0 Å². The van der Waals surface area contributed by atoms with Gasteiger partial charge in [-0.05, 0) is 6.92 Å². The molecule has 1 aliphatic rings. The molecule has 0 radical (unpaired) electrons. The smallest absolute Gasteiger partial charge is 0.123 e. The molecule has 0 saturated carbocycles. The summed E-state index contributed by atoms with van der Waals surface area (Å²) in [4.78, 5) is 0. The molecule has 2 rings (SSSR count). The topological polar surface area (TPSA) is 17.1 Å². The van der Waals surface area contributed by atoms with E-state index in [0.717, 1.165) is 17.6 Å². The van der Waals surface area contributed by atoms with E-state index in [-0.39, 0.29) is 0 Å². The Kier molecular flexibility index (Phi) is 2.13. The molecule has 0 fully saturated rings. The minimum absolute atomic E-state index is 0.753. The Morgan fingerprint density at radius 1 is 1.23 bits per heavy atom. The summed E-state index contributed by atoms with van der Waals surface area (Å²) >= 11 is 0. The summed E-state index contributed by atoms with van der Waals surface area (Å²) in [6.45, 7) is 2.06. The molecule has 1 aromatic rings. The van der Waals surface area contributed by atoms with Crippen LogP contribution in [-0.4, -0.2) is 12.3 Å². The van der Waals surface area contributed by atoms with Crippen molar-refractivity contribution in [2.45, 2.75) is 6.92 Å². The Bertz CT molecular complexity index is 378. The monoisotopic (exact) mass is 192 g/mol. The zero-order chi connectivity index (χ0) is 9.31. The first-order chi connectivity index (χ1) is 6.21. The third kappa shape index (κ3) is 1.62. The van der Waals surface area contributed by atoms with Gasteiger partial charge in [0.15, 0.2) is 0 Å². The fourth-order valence-corrected chi connectivity index (χ4v) is 4.51. The van der Waals surface area contributed by atoms with E-state index >= 15 is 0 Å². The second-order valence-corrected chi connectivity index (χ2v) is 6.59. The van der Waals surface area contributed by atoms with Gasteiger partial charge >= 0.3 is 0 Å². The van der Waals surface area contributed by atoms with Gasteiger partial charge in [0, 0.05) is 17.6 Å². The van der Waals surface area contributed by atoms with Gasteiger partial charge < -0.3 is 4.57 Å². The van der Waals surface area contributed by atoms with Crippen LogP contribution in [0, 0.1) is 0 Å². The highest BCUT2D eigenvalue weighted by molar-refractivity contribution is 7.72. The lowest BCUT2D eigenvalue weighted by Crippen LogP contribution is -2.05. The molecule has 1 nitrogen and oxygen atoms in total. The maximum Gasteiger partial charge on any atom is 0.123 e. The molecule has 2 heteroatoms. The second-order valence-electron chi connectivity index (χ2n) is 3.62. The summed E-state index contributed by atoms with van der Waals surface area (Å²) < 4.78 is 12.4. The molecular weight excluding hydrogens is 179 g/mol. The number of benzene rings is 1. The molecule has 0 saturated heterocycles. The molecular formula is C11H13OP. The van der Waals surface area contributed by atoms with Crippen LogP contribution in [0.15, 0.2) is 42.0 Å². The zero-order valence-electron chi connectivity index (χ0n) is 7.73. The van der Waals surface area contributed by atoms with Crippen molar-refractivity contribution in [3.63, 3.8) is 0 Å². The SMILES string of the molecule is CC1=CCP(=O)(c2ccccc2)C1. The van der Waals surface area contributed by atoms with Crippen LogP contribution < -0.4 is 5.30 Å². The lowest BCUT2D eigenvalue weighted by atomic mass is 10.3. The van der Waals surface area contributed by atoms with Crippen LogP contribution >= 0.6 is 7.14 Å². The third-order valence-electron chi connectivity index (χ3n) is 2.47. The van der Waals surface area contributed by atoms with Crippen molar-refractivity contribution >= 4 is 12.4 Å². The zero-order valence-corrected chi connectivity index (χ0v) is 8.63. The molecule has 1 aliphatic heterocycles. The summed E-state index contributed by atoms with van der Waals surface area (Å²) in [5.74, 6) is 0. The highest BCUT2D eigenvalue weighted by Crippen LogP contribution is 2.49. The van der Waals surface area contributed by atoms with Gasteiger partial charge in [-0.15, -0.1) is 0 Å². The maximum atomic E-state index is 12.4. The van der Waals surface area contributed by atoms with Crippen molar-refractivity contribution in [3.8, 4) is 0 Å². The number of hydrogen-bond acceptors (Lipinski definition) is 1. The molecule has 0 aromatic heterocycles. The second kappa shape index (κ2) is 3.16. The molecule has 0 bridgehead atoms. The number of rotatable bonds is 1. The molecule has 1 heterocycles. The summed E-state index contributed by atoms with van der Waals surface area (Å²) in [5, 5.41) is 1.03. The largest absolute Gasteiger partial charge is 0.318 e. The van der Waals surface area contributed by atoms with Gasteiger partial charge in [-0.2, -0.15) is 0 Å². The molecule has 13 heavy (non-hydrogen) atoms. The average Bonchev–Trinajstić information content (AvgIpc) is 2.49. The molecule has 1 unspecified atom stereocenters. The molecule has 68 valence electrons. The van der Waals surface area contributed by atoms with Gasteiger partial charge in [-0.3, -0.25) is 0 Å². The molecule has 0 aliphatic carbocycles. The van der Waals surface area contributed by atoms with E-state index in [1.54, 1.807) is 0 Å². The Labute approximate surface area is 78.9 Å². The summed E-state index contributed by atoms with van der Waals surface area (Å²) in [7, 11) is -2.07. The summed E-state index contributed by atoms with van der Waals surface area (Å²) in [5.41, 5.74) is 1.27. The maximum absolute atomic E-state index is 12.4. The minimum atomic E-state index is -2.07. The van der Waals surface area contributed by atoms with Gasteiger partial charge in [0.2, 0.25) is 0 Å². The third-order valence-corrected chi connectivity index (χ3v) is 5.49. The van der Waals surface area contributed by atoms with Crippen LogP contribution in [0.5, 0.6) is 0 Å². The van der Waals surface area contributed by atoms with Crippen molar-refractivity contribution in [2.24, 2.45) is 0 Å². The first-order valence-corrected chi connectivity index (χ1v) is 6.58. The number of hydrogen-bond donors (Lipinski definition) is 0. The van der Waals surface area contributed by atoms with Crippen LogP contribution in [0.4, 0.5) is 0 Å². The normalized spacial score (nSPS) is 27.3. The predicted octanol–water partition coefficient (Wildman–Crippen LogP) is 2.63. The molecule has 0 spiro atoms. The number of allylic oxidation sites excluding steroid dienone is 2. The van der Waals surface area contributed by atoms with Crippen LogP contribution in [0.2, 0.25) is 0 Å². The minimum Gasteiger partial charge on any atom is -0.318 e. The Morgan fingerprint density at radius 3 is 2.46 bits per heavy atom. The quantitative estimate of drug-likeness (QED) is 0.493. The Hall–Kier alpha value is -0.810. The fourth-order valence-electron chi connectivity index (χ4n) is 1.73. The van der Waals surface area contributed by atoms with Crippen molar-refractivity contribution < 1.29 is 4.57 Å². The Balaban J connectivity index is 2.34. The predicted molar refractivity (Wildman–Crippen MR) is 57.2 cm³/mol. The highest BCUT2D eigenvalue weighted by Gasteiger charge is 2.27. The van der Waals surface area contributed by atoms with Gasteiger partial charge in [-0.25, -0.2) is 0 Å². The lowest BCUT2D eigenvalue weighted by molar-refractivity contribution is 0.585. The molecule has 1 atom stereocenters. The van der Waals surface area contributed by atoms with Gasteiger partial charge in [0.1, 0.15) is 7.14 Å². The van der Waals surface area contributed by atoms with Crippen LogP contribution in [0.25, 0.3) is 0 Å².